The van der Waals surface area contributed by atoms with E-state index in [0.717, 1.165) is 0 Å². The fourth-order valence-corrected chi connectivity index (χ4v) is 4.95. The van der Waals surface area contributed by atoms with Gasteiger partial charge < -0.3 is 0 Å². The van der Waals surface area contributed by atoms with E-state index in [9.17, 15) is 0 Å². The summed E-state index contributed by atoms with van der Waals surface area (Å²) in [6.45, 7) is 12.3. The molecule has 2 fully saturated rings. The molecule has 1 aromatic heterocycles. The van der Waals surface area contributed by atoms with E-state index in [1.54, 1.807) is 20.9 Å². The SMILES string of the molecule is Cc1sc(C)c(CN2CCCCC2)c1CN1CCCCC1. The van der Waals surface area contributed by atoms with Crippen LogP contribution in [0.25, 0.3) is 0 Å². The van der Waals surface area contributed by atoms with Crippen molar-refractivity contribution in [1.29, 1.82) is 0 Å². The molecule has 0 amide bonds. The molecule has 2 saturated heterocycles. The normalized spacial score (nSPS) is 21.8. The first-order valence-electron chi connectivity index (χ1n) is 8.76. The lowest BCUT2D eigenvalue weighted by molar-refractivity contribution is 0.209. The zero-order valence-electron chi connectivity index (χ0n) is 13.8. The first-order valence-corrected chi connectivity index (χ1v) is 9.58. The Bertz CT molecular complexity index is 414. The van der Waals surface area contributed by atoms with Crippen molar-refractivity contribution in [1.82, 2.24) is 9.80 Å². The maximum Gasteiger partial charge on any atom is 0.0248 e. The molecule has 3 heteroatoms. The van der Waals surface area contributed by atoms with Crippen LogP contribution in [0.5, 0.6) is 0 Å². The molecule has 21 heavy (non-hydrogen) atoms. The maximum absolute atomic E-state index is 2.68. The van der Waals surface area contributed by atoms with Gasteiger partial charge in [0.05, 0.1) is 0 Å². The molecule has 3 heterocycles. The third kappa shape index (κ3) is 3.88. The molecular weight excluding hydrogens is 276 g/mol. The molecule has 118 valence electrons. The molecule has 3 rings (SSSR count). The summed E-state index contributed by atoms with van der Waals surface area (Å²) in [6.07, 6.45) is 8.43. The molecule has 2 aliphatic heterocycles. The zero-order chi connectivity index (χ0) is 14.7. The van der Waals surface area contributed by atoms with Gasteiger partial charge in [-0.25, -0.2) is 0 Å². The second kappa shape index (κ2) is 7.26. The van der Waals surface area contributed by atoms with Crippen LogP contribution in [0.4, 0.5) is 0 Å². The van der Waals surface area contributed by atoms with Crippen LogP contribution >= 0.6 is 11.3 Å². The molecule has 0 saturated carbocycles. The summed E-state index contributed by atoms with van der Waals surface area (Å²) >= 11 is 2.02. The molecule has 0 radical (unpaired) electrons. The number of likely N-dealkylation sites (tertiary alicyclic amines) is 2. The standard InChI is InChI=1S/C18H30N2S/c1-15-17(13-19-9-5-3-6-10-19)18(16(2)21-15)14-20-11-7-4-8-12-20/h3-14H2,1-2H3. The van der Waals surface area contributed by atoms with E-state index in [1.165, 1.54) is 77.8 Å². The lowest BCUT2D eigenvalue weighted by Gasteiger charge is -2.29. The summed E-state index contributed by atoms with van der Waals surface area (Å²) in [4.78, 5) is 8.48. The molecule has 0 aliphatic carbocycles. The summed E-state index contributed by atoms with van der Waals surface area (Å²) in [5.74, 6) is 0. The van der Waals surface area contributed by atoms with Gasteiger partial charge >= 0.3 is 0 Å². The minimum Gasteiger partial charge on any atom is -0.299 e. The fraction of sp³-hybridized carbons (Fsp3) is 0.778. The van der Waals surface area contributed by atoms with E-state index in [4.69, 9.17) is 0 Å². The Morgan fingerprint density at radius 2 is 1.05 bits per heavy atom. The fourth-order valence-electron chi connectivity index (χ4n) is 3.87. The van der Waals surface area contributed by atoms with E-state index in [0.29, 0.717) is 0 Å². The topological polar surface area (TPSA) is 6.48 Å². The highest BCUT2D eigenvalue weighted by Crippen LogP contribution is 2.31. The van der Waals surface area contributed by atoms with Crippen molar-refractivity contribution in [3.63, 3.8) is 0 Å². The highest BCUT2D eigenvalue weighted by Gasteiger charge is 2.20. The van der Waals surface area contributed by atoms with E-state index < -0.39 is 0 Å². The minimum absolute atomic E-state index is 1.19. The van der Waals surface area contributed by atoms with Crippen LogP contribution in [-0.2, 0) is 13.1 Å². The van der Waals surface area contributed by atoms with Gasteiger partial charge in [-0.3, -0.25) is 9.80 Å². The Balaban J connectivity index is 1.72. The Morgan fingerprint density at radius 3 is 1.43 bits per heavy atom. The maximum atomic E-state index is 2.68. The second-order valence-electron chi connectivity index (χ2n) is 6.85. The van der Waals surface area contributed by atoms with Gasteiger partial charge in [0.15, 0.2) is 0 Å². The molecule has 0 unspecified atom stereocenters. The second-order valence-corrected chi connectivity index (χ2v) is 8.27. The highest BCUT2D eigenvalue weighted by atomic mass is 32.1. The van der Waals surface area contributed by atoms with Gasteiger partial charge in [-0.2, -0.15) is 0 Å². The van der Waals surface area contributed by atoms with E-state index in [2.05, 4.69) is 23.6 Å². The molecule has 0 atom stereocenters. The number of thiophene rings is 1. The minimum atomic E-state index is 1.19. The van der Waals surface area contributed by atoms with Crippen molar-refractivity contribution in [2.45, 2.75) is 65.5 Å². The Hall–Kier alpha value is -0.380. The van der Waals surface area contributed by atoms with Crippen LogP contribution in [0, 0.1) is 13.8 Å². The lowest BCUT2D eigenvalue weighted by Crippen LogP contribution is -2.31. The third-order valence-corrected chi connectivity index (χ3v) is 6.29. The van der Waals surface area contributed by atoms with Gasteiger partial charge in [-0.15, -0.1) is 11.3 Å². The predicted octanol–water partition coefficient (Wildman–Crippen LogP) is 4.34. The Morgan fingerprint density at radius 1 is 0.667 bits per heavy atom. The number of aryl methyl sites for hydroxylation is 2. The van der Waals surface area contributed by atoms with Crippen molar-refractivity contribution < 1.29 is 0 Å². The highest BCUT2D eigenvalue weighted by molar-refractivity contribution is 7.12. The molecule has 0 spiro atoms. The summed E-state index contributed by atoms with van der Waals surface area (Å²) < 4.78 is 0. The van der Waals surface area contributed by atoms with Gasteiger partial charge in [-0.05, 0) is 76.8 Å². The van der Waals surface area contributed by atoms with Gasteiger partial charge in [0.25, 0.3) is 0 Å². The zero-order valence-corrected chi connectivity index (χ0v) is 14.6. The quantitative estimate of drug-likeness (QED) is 0.816. The molecule has 0 aromatic carbocycles. The van der Waals surface area contributed by atoms with E-state index in [1.807, 2.05) is 11.3 Å². The molecular formula is C18H30N2S. The number of rotatable bonds is 4. The largest absolute Gasteiger partial charge is 0.299 e. The van der Waals surface area contributed by atoms with Crippen molar-refractivity contribution in [3.8, 4) is 0 Å². The van der Waals surface area contributed by atoms with Gasteiger partial charge in [0, 0.05) is 22.8 Å². The Labute approximate surface area is 134 Å². The van der Waals surface area contributed by atoms with Gasteiger partial charge in [0.2, 0.25) is 0 Å². The summed E-state index contributed by atoms with van der Waals surface area (Å²) in [7, 11) is 0. The van der Waals surface area contributed by atoms with Crippen LogP contribution in [0.15, 0.2) is 0 Å². The smallest absolute Gasteiger partial charge is 0.0248 e. The first kappa shape index (κ1) is 15.5. The number of piperidine rings is 2. The Kier molecular flexibility index (Phi) is 5.36. The molecule has 0 N–H and O–H groups in total. The molecule has 1 aromatic rings. The number of hydrogen-bond donors (Lipinski definition) is 0. The van der Waals surface area contributed by atoms with Crippen LogP contribution in [-0.4, -0.2) is 36.0 Å². The number of nitrogens with zero attached hydrogens (tertiary/aromatic N) is 2. The average molecular weight is 307 g/mol. The van der Waals surface area contributed by atoms with Crippen LogP contribution in [0.3, 0.4) is 0 Å². The van der Waals surface area contributed by atoms with Crippen molar-refractivity contribution in [2.24, 2.45) is 0 Å². The number of hydrogen-bond acceptors (Lipinski definition) is 3. The van der Waals surface area contributed by atoms with Gasteiger partial charge in [-0.1, -0.05) is 12.8 Å². The summed E-state index contributed by atoms with van der Waals surface area (Å²) in [5, 5.41) is 0. The van der Waals surface area contributed by atoms with Crippen molar-refractivity contribution in [3.05, 3.63) is 20.9 Å². The molecule has 2 aliphatic rings. The monoisotopic (exact) mass is 306 g/mol. The van der Waals surface area contributed by atoms with E-state index in [-0.39, 0.29) is 0 Å². The van der Waals surface area contributed by atoms with Crippen LogP contribution < -0.4 is 0 Å². The third-order valence-electron chi connectivity index (χ3n) is 5.18. The molecule has 0 bridgehead atoms. The average Bonchev–Trinajstić information content (AvgIpc) is 2.76. The predicted molar refractivity (Wildman–Crippen MR) is 92.0 cm³/mol. The molecule has 2 nitrogen and oxygen atoms in total. The van der Waals surface area contributed by atoms with Crippen LogP contribution in [0.1, 0.15) is 59.4 Å². The first-order chi connectivity index (χ1) is 10.2. The van der Waals surface area contributed by atoms with Crippen LogP contribution in [0.2, 0.25) is 0 Å². The van der Waals surface area contributed by atoms with E-state index >= 15 is 0 Å². The van der Waals surface area contributed by atoms with Crippen molar-refractivity contribution >= 4 is 11.3 Å². The van der Waals surface area contributed by atoms with Gasteiger partial charge in [0.1, 0.15) is 0 Å². The summed E-state index contributed by atoms with van der Waals surface area (Å²) in [6, 6.07) is 0. The lowest BCUT2D eigenvalue weighted by atomic mass is 10.0. The van der Waals surface area contributed by atoms with Crippen molar-refractivity contribution in [2.75, 3.05) is 26.2 Å². The summed E-state index contributed by atoms with van der Waals surface area (Å²) in [5.41, 5.74) is 3.31.